The Balaban J connectivity index is 1.91. The Morgan fingerprint density at radius 1 is 1.48 bits per heavy atom. The van der Waals surface area contributed by atoms with E-state index < -0.39 is 11.7 Å². The van der Waals surface area contributed by atoms with Crippen molar-refractivity contribution in [3.05, 3.63) is 41.7 Å². The van der Waals surface area contributed by atoms with Crippen LogP contribution in [0.5, 0.6) is 5.75 Å². The number of hydrogen-bond donors (Lipinski definition) is 2. The molecule has 0 unspecified atom stereocenters. The van der Waals surface area contributed by atoms with Crippen molar-refractivity contribution in [2.75, 3.05) is 7.11 Å². The summed E-state index contributed by atoms with van der Waals surface area (Å²) in [6.45, 7) is -0.107. The number of rotatable bonds is 5. The molecule has 3 aromatic rings. The Bertz CT molecular complexity index is 803. The van der Waals surface area contributed by atoms with Crippen molar-refractivity contribution in [2.24, 2.45) is 0 Å². The lowest BCUT2D eigenvalue weighted by atomic mass is 10.1. The highest BCUT2D eigenvalue weighted by Crippen LogP contribution is 2.25. The molecule has 0 aliphatic heterocycles. The number of aromatic amines is 1. The molecule has 10 nitrogen and oxygen atoms in total. The molecule has 0 radical (unpaired) electrons. The van der Waals surface area contributed by atoms with E-state index in [0.29, 0.717) is 5.69 Å². The minimum atomic E-state index is -0.610. The largest absolute Gasteiger partial charge is 0.494 e. The van der Waals surface area contributed by atoms with E-state index >= 15 is 0 Å². The molecular formula is C12H11FN8O2. The van der Waals surface area contributed by atoms with Gasteiger partial charge in [-0.1, -0.05) is 0 Å². The van der Waals surface area contributed by atoms with Crippen molar-refractivity contribution >= 4 is 5.91 Å². The highest BCUT2D eigenvalue weighted by Gasteiger charge is 2.18. The molecule has 0 saturated heterocycles. The molecule has 1 aromatic carbocycles. The molecule has 3 rings (SSSR count). The van der Waals surface area contributed by atoms with Crippen LogP contribution < -0.4 is 10.1 Å². The van der Waals surface area contributed by atoms with E-state index in [4.69, 9.17) is 4.74 Å². The highest BCUT2D eigenvalue weighted by molar-refractivity contribution is 5.91. The SMILES string of the molecule is COc1ccc(-n2cnnn2)c(CNC(=O)c2cn[nH]n2)c1F. The topological polar surface area (TPSA) is 124 Å². The van der Waals surface area contributed by atoms with Crippen molar-refractivity contribution in [2.45, 2.75) is 6.54 Å². The molecule has 0 saturated carbocycles. The average molecular weight is 318 g/mol. The van der Waals surface area contributed by atoms with Crippen molar-refractivity contribution < 1.29 is 13.9 Å². The van der Waals surface area contributed by atoms with Gasteiger partial charge in [0, 0.05) is 12.1 Å². The van der Waals surface area contributed by atoms with Crippen LogP contribution in [0.15, 0.2) is 24.7 Å². The van der Waals surface area contributed by atoms with Crippen LogP contribution >= 0.6 is 0 Å². The Kier molecular flexibility index (Phi) is 3.91. The number of halogens is 1. The fourth-order valence-corrected chi connectivity index (χ4v) is 1.97. The highest BCUT2D eigenvalue weighted by atomic mass is 19.1. The number of nitrogens with zero attached hydrogens (tertiary/aromatic N) is 6. The number of aromatic nitrogens is 7. The minimum absolute atomic E-state index is 0.0486. The molecule has 0 spiro atoms. The predicted molar refractivity (Wildman–Crippen MR) is 73.2 cm³/mol. The predicted octanol–water partition coefficient (Wildman–Crippen LogP) is -0.142. The summed E-state index contributed by atoms with van der Waals surface area (Å²) in [5.74, 6) is -1.06. The zero-order chi connectivity index (χ0) is 16.2. The fourth-order valence-electron chi connectivity index (χ4n) is 1.97. The maximum Gasteiger partial charge on any atom is 0.273 e. The molecular weight excluding hydrogens is 307 g/mol. The Hall–Kier alpha value is -3.37. The number of amides is 1. The Morgan fingerprint density at radius 3 is 3.00 bits per heavy atom. The summed E-state index contributed by atoms with van der Waals surface area (Å²) in [5, 5.41) is 22.8. The molecule has 11 heteroatoms. The van der Waals surface area contributed by atoms with Crippen molar-refractivity contribution in [3.8, 4) is 11.4 Å². The summed E-state index contributed by atoms with van der Waals surface area (Å²) < 4.78 is 20.8. The molecule has 2 aromatic heterocycles. The van der Waals surface area contributed by atoms with E-state index in [0.717, 1.165) is 0 Å². The monoisotopic (exact) mass is 318 g/mol. The molecule has 0 aliphatic carbocycles. The number of nitrogens with one attached hydrogen (secondary N) is 2. The number of carbonyl (C=O) groups excluding carboxylic acids is 1. The molecule has 0 atom stereocenters. The molecule has 2 N–H and O–H groups in total. The smallest absolute Gasteiger partial charge is 0.273 e. The van der Waals surface area contributed by atoms with Crippen LogP contribution in [0.4, 0.5) is 4.39 Å². The number of H-pyrrole nitrogens is 1. The lowest BCUT2D eigenvalue weighted by Gasteiger charge is -2.13. The quantitative estimate of drug-likeness (QED) is 0.671. The van der Waals surface area contributed by atoms with Crippen LogP contribution in [0.1, 0.15) is 16.1 Å². The molecule has 23 heavy (non-hydrogen) atoms. The van der Waals surface area contributed by atoms with Gasteiger partial charge in [-0.15, -0.1) is 5.10 Å². The van der Waals surface area contributed by atoms with E-state index in [1.165, 1.54) is 30.4 Å². The summed E-state index contributed by atoms with van der Waals surface area (Å²) in [5.41, 5.74) is 0.652. The Labute approximate surface area is 128 Å². The van der Waals surface area contributed by atoms with Crippen LogP contribution in [-0.4, -0.2) is 48.6 Å². The number of tetrazole rings is 1. The van der Waals surface area contributed by atoms with Crippen LogP contribution in [-0.2, 0) is 6.54 Å². The second-order valence-electron chi connectivity index (χ2n) is 4.37. The van der Waals surface area contributed by atoms with Gasteiger partial charge in [-0.05, 0) is 22.6 Å². The number of hydrogen-bond acceptors (Lipinski definition) is 7. The molecule has 1 amide bonds. The van der Waals surface area contributed by atoms with E-state index in [9.17, 15) is 9.18 Å². The van der Waals surface area contributed by atoms with Crippen molar-refractivity contribution in [1.82, 2.24) is 40.9 Å². The zero-order valence-corrected chi connectivity index (χ0v) is 11.9. The molecule has 118 valence electrons. The first-order valence-electron chi connectivity index (χ1n) is 6.43. The van der Waals surface area contributed by atoms with Gasteiger partial charge >= 0.3 is 0 Å². The number of methoxy groups -OCH3 is 1. The van der Waals surface area contributed by atoms with Gasteiger partial charge in [-0.3, -0.25) is 4.79 Å². The zero-order valence-electron chi connectivity index (χ0n) is 11.9. The molecule has 2 heterocycles. The summed E-state index contributed by atoms with van der Waals surface area (Å²) in [7, 11) is 1.35. The van der Waals surface area contributed by atoms with Crippen molar-refractivity contribution in [1.29, 1.82) is 0 Å². The van der Waals surface area contributed by atoms with Gasteiger partial charge in [0.25, 0.3) is 5.91 Å². The van der Waals surface area contributed by atoms with Crippen molar-refractivity contribution in [3.63, 3.8) is 0 Å². The first kappa shape index (κ1) is 14.6. The number of ether oxygens (including phenoxy) is 1. The van der Waals surface area contributed by atoms with Gasteiger partial charge in [-0.25, -0.2) is 9.07 Å². The van der Waals surface area contributed by atoms with Gasteiger partial charge in [0.1, 0.15) is 6.33 Å². The second-order valence-corrected chi connectivity index (χ2v) is 4.37. The van der Waals surface area contributed by atoms with Gasteiger partial charge in [0.15, 0.2) is 17.3 Å². The fraction of sp³-hybridized carbons (Fsp3) is 0.167. The summed E-state index contributed by atoms with van der Waals surface area (Å²) in [4.78, 5) is 11.9. The third-order valence-electron chi connectivity index (χ3n) is 3.07. The van der Waals surface area contributed by atoms with E-state index in [-0.39, 0.29) is 23.6 Å². The van der Waals surface area contributed by atoms with Crippen LogP contribution in [0.25, 0.3) is 5.69 Å². The van der Waals surface area contributed by atoms with E-state index in [2.05, 4.69) is 36.3 Å². The number of benzene rings is 1. The van der Waals surface area contributed by atoms with E-state index in [1.807, 2.05) is 0 Å². The summed E-state index contributed by atoms with van der Waals surface area (Å²) >= 11 is 0. The first-order valence-corrected chi connectivity index (χ1v) is 6.43. The van der Waals surface area contributed by atoms with E-state index in [1.54, 1.807) is 6.07 Å². The second kappa shape index (κ2) is 6.17. The standard InChI is InChI=1S/C12H11FN8O2/c1-23-10-3-2-9(21-6-16-19-20-21)7(11(10)13)4-14-12(22)8-5-15-18-17-8/h2-3,5-6H,4H2,1H3,(H,14,22)(H,15,17,18). The maximum absolute atomic E-state index is 14.5. The third kappa shape index (κ3) is 2.84. The lowest BCUT2D eigenvalue weighted by molar-refractivity contribution is 0.0945. The summed E-state index contributed by atoms with van der Waals surface area (Å²) in [6.07, 6.45) is 2.59. The molecule has 0 aliphatic rings. The van der Waals surface area contributed by atoms with Crippen LogP contribution in [0.3, 0.4) is 0 Å². The molecule has 0 fully saturated rings. The first-order chi connectivity index (χ1) is 11.2. The summed E-state index contributed by atoms with van der Waals surface area (Å²) in [6, 6.07) is 3.05. The average Bonchev–Trinajstić information content (AvgIpc) is 3.26. The lowest BCUT2D eigenvalue weighted by Crippen LogP contribution is -2.24. The number of carbonyl (C=O) groups is 1. The maximum atomic E-state index is 14.5. The minimum Gasteiger partial charge on any atom is -0.494 e. The van der Waals surface area contributed by atoms with Gasteiger partial charge in [0.2, 0.25) is 0 Å². The van der Waals surface area contributed by atoms with Gasteiger partial charge < -0.3 is 10.1 Å². The van der Waals surface area contributed by atoms with Crippen LogP contribution in [0.2, 0.25) is 0 Å². The van der Waals surface area contributed by atoms with Gasteiger partial charge in [-0.2, -0.15) is 15.4 Å². The Morgan fingerprint density at radius 2 is 2.35 bits per heavy atom. The van der Waals surface area contributed by atoms with Gasteiger partial charge in [0.05, 0.1) is 19.0 Å². The molecule has 0 bridgehead atoms. The van der Waals surface area contributed by atoms with Crippen LogP contribution in [0, 0.1) is 5.82 Å². The third-order valence-corrected chi connectivity index (χ3v) is 3.07. The normalized spacial score (nSPS) is 10.5.